The summed E-state index contributed by atoms with van der Waals surface area (Å²) in [5, 5.41) is 9.64. The zero-order valence-electron chi connectivity index (χ0n) is 10.0. The first-order valence-electron chi connectivity index (χ1n) is 5.41. The highest BCUT2D eigenvalue weighted by atomic mass is 16.3. The fourth-order valence-corrected chi connectivity index (χ4v) is 1.67. The largest absolute Gasteiger partial charge is 0.389 e. The maximum atomic E-state index is 9.64. The van der Waals surface area contributed by atoms with Gasteiger partial charge < -0.3 is 5.11 Å². The molecule has 1 nitrogen and oxygen atoms in total. The Morgan fingerprint density at radius 1 is 1.27 bits per heavy atom. The summed E-state index contributed by atoms with van der Waals surface area (Å²) in [7, 11) is 0. The Kier molecular flexibility index (Phi) is 3.70. The lowest BCUT2D eigenvalue weighted by Gasteiger charge is -2.15. The van der Waals surface area contributed by atoms with Crippen LogP contribution in [0.2, 0.25) is 0 Å². The van der Waals surface area contributed by atoms with Crippen molar-refractivity contribution < 1.29 is 5.11 Å². The minimum Gasteiger partial charge on any atom is -0.389 e. The summed E-state index contributed by atoms with van der Waals surface area (Å²) in [6.07, 6.45) is -0.432. The summed E-state index contributed by atoms with van der Waals surface area (Å²) in [5.41, 5.74) is 4.34. The maximum Gasteiger partial charge on any atom is 0.0767 e. The van der Waals surface area contributed by atoms with Gasteiger partial charge in [0.05, 0.1) is 6.10 Å². The highest BCUT2D eigenvalue weighted by Crippen LogP contribution is 2.27. The van der Waals surface area contributed by atoms with Crippen LogP contribution in [0.25, 0.3) is 5.57 Å². The molecule has 15 heavy (non-hydrogen) atoms. The van der Waals surface area contributed by atoms with Gasteiger partial charge in [-0.05, 0) is 36.5 Å². The molecule has 0 amide bonds. The van der Waals surface area contributed by atoms with Gasteiger partial charge in [0.25, 0.3) is 0 Å². The van der Waals surface area contributed by atoms with E-state index in [9.17, 15) is 5.11 Å². The number of benzene rings is 1. The predicted octanol–water partition coefficient (Wildman–Crippen LogP) is 3.90. The van der Waals surface area contributed by atoms with E-state index >= 15 is 0 Å². The van der Waals surface area contributed by atoms with Gasteiger partial charge in [-0.3, -0.25) is 0 Å². The van der Waals surface area contributed by atoms with Gasteiger partial charge in [-0.1, -0.05) is 44.2 Å². The molecule has 0 bridgehead atoms. The molecule has 1 N–H and O–H groups in total. The van der Waals surface area contributed by atoms with Gasteiger partial charge in [-0.2, -0.15) is 0 Å². The molecule has 1 aromatic carbocycles. The Labute approximate surface area is 92.5 Å². The number of aliphatic hydroxyl groups is 1. The summed E-state index contributed by atoms with van der Waals surface area (Å²) in [4.78, 5) is 0. The molecule has 1 unspecified atom stereocenters. The number of allylic oxidation sites excluding steroid dienone is 1. The topological polar surface area (TPSA) is 20.2 Å². The van der Waals surface area contributed by atoms with Crippen LogP contribution >= 0.6 is 0 Å². The van der Waals surface area contributed by atoms with E-state index < -0.39 is 6.10 Å². The number of aliphatic hydroxyl groups excluding tert-OH is 1. The molecule has 1 aromatic rings. The second-order valence-electron chi connectivity index (χ2n) is 4.46. The predicted molar refractivity (Wildman–Crippen MR) is 65.9 cm³/mol. The van der Waals surface area contributed by atoms with E-state index in [0.29, 0.717) is 5.92 Å². The molecule has 0 radical (unpaired) electrons. The second-order valence-corrected chi connectivity index (χ2v) is 4.46. The molecule has 1 atom stereocenters. The molecule has 1 heteroatoms. The number of hydrogen-bond donors (Lipinski definition) is 1. The van der Waals surface area contributed by atoms with E-state index in [2.05, 4.69) is 32.6 Å². The van der Waals surface area contributed by atoms with E-state index in [1.54, 1.807) is 6.92 Å². The van der Waals surface area contributed by atoms with Gasteiger partial charge >= 0.3 is 0 Å². The van der Waals surface area contributed by atoms with Crippen molar-refractivity contribution in [1.82, 2.24) is 0 Å². The number of rotatable bonds is 3. The highest BCUT2D eigenvalue weighted by Gasteiger charge is 2.10. The summed E-state index contributed by atoms with van der Waals surface area (Å²) in [5.74, 6) is 0.506. The monoisotopic (exact) mass is 204 g/mol. The molecule has 0 aliphatic rings. The van der Waals surface area contributed by atoms with Crippen molar-refractivity contribution in [1.29, 1.82) is 0 Å². The molecule has 82 valence electrons. The first-order chi connectivity index (χ1) is 6.93. The minimum absolute atomic E-state index is 0.432. The van der Waals surface area contributed by atoms with Crippen LogP contribution < -0.4 is 0 Å². The highest BCUT2D eigenvalue weighted by molar-refractivity contribution is 5.65. The maximum absolute atomic E-state index is 9.64. The third kappa shape index (κ3) is 2.69. The normalized spacial score (nSPS) is 12.9. The third-order valence-corrected chi connectivity index (χ3v) is 2.65. The average molecular weight is 204 g/mol. The molecule has 0 saturated heterocycles. The molecule has 0 aromatic heterocycles. The Bertz CT molecular complexity index is 362. The van der Waals surface area contributed by atoms with Crippen molar-refractivity contribution in [3.63, 3.8) is 0 Å². The summed E-state index contributed by atoms with van der Waals surface area (Å²) >= 11 is 0. The third-order valence-electron chi connectivity index (χ3n) is 2.65. The molecular formula is C14H20O. The lowest BCUT2D eigenvalue weighted by Crippen LogP contribution is -1.99. The van der Waals surface area contributed by atoms with Crippen LogP contribution in [-0.4, -0.2) is 5.11 Å². The Morgan fingerprint density at radius 2 is 1.87 bits per heavy atom. The van der Waals surface area contributed by atoms with Crippen molar-refractivity contribution in [2.45, 2.75) is 39.7 Å². The Hall–Kier alpha value is -1.08. The molecule has 0 aliphatic carbocycles. The van der Waals surface area contributed by atoms with Crippen LogP contribution in [0.5, 0.6) is 0 Å². The van der Waals surface area contributed by atoms with Crippen LogP contribution in [0.1, 0.15) is 56.4 Å². The smallest absolute Gasteiger partial charge is 0.0767 e. The zero-order chi connectivity index (χ0) is 11.6. The Morgan fingerprint density at radius 3 is 2.27 bits per heavy atom. The summed E-state index contributed by atoms with van der Waals surface area (Å²) < 4.78 is 0. The van der Waals surface area contributed by atoms with Gasteiger partial charge in [-0.15, -0.1) is 0 Å². The van der Waals surface area contributed by atoms with Crippen molar-refractivity contribution >= 4 is 5.57 Å². The quantitative estimate of drug-likeness (QED) is 0.791. The number of hydrogen-bond acceptors (Lipinski definition) is 1. The van der Waals surface area contributed by atoms with Crippen LogP contribution in [0.3, 0.4) is 0 Å². The van der Waals surface area contributed by atoms with E-state index in [0.717, 1.165) is 16.7 Å². The van der Waals surface area contributed by atoms with Crippen LogP contribution in [0, 0.1) is 0 Å². The van der Waals surface area contributed by atoms with Gasteiger partial charge in [-0.25, -0.2) is 0 Å². The van der Waals surface area contributed by atoms with Crippen molar-refractivity contribution in [3.8, 4) is 0 Å². The van der Waals surface area contributed by atoms with E-state index in [-0.39, 0.29) is 0 Å². The SMILES string of the molecule is C=C(C)c1cc(C(C)C)ccc1C(C)O. The van der Waals surface area contributed by atoms with Crippen LogP contribution in [-0.2, 0) is 0 Å². The average Bonchev–Trinajstić information content (AvgIpc) is 2.16. The molecular weight excluding hydrogens is 184 g/mol. The van der Waals surface area contributed by atoms with Gasteiger partial charge in [0, 0.05) is 0 Å². The fourth-order valence-electron chi connectivity index (χ4n) is 1.67. The second kappa shape index (κ2) is 4.63. The summed E-state index contributed by atoms with van der Waals surface area (Å²) in [6, 6.07) is 6.22. The van der Waals surface area contributed by atoms with Gasteiger partial charge in [0.1, 0.15) is 0 Å². The van der Waals surface area contributed by atoms with Crippen LogP contribution in [0.4, 0.5) is 0 Å². The minimum atomic E-state index is -0.432. The molecule has 0 aliphatic heterocycles. The fraction of sp³-hybridized carbons (Fsp3) is 0.429. The molecule has 0 heterocycles. The molecule has 1 rings (SSSR count). The first-order valence-corrected chi connectivity index (χ1v) is 5.41. The van der Waals surface area contributed by atoms with Crippen LogP contribution in [0.15, 0.2) is 24.8 Å². The van der Waals surface area contributed by atoms with Gasteiger partial charge in [0.15, 0.2) is 0 Å². The van der Waals surface area contributed by atoms with Crippen molar-refractivity contribution in [2.75, 3.05) is 0 Å². The molecule has 0 fully saturated rings. The Balaban J connectivity index is 3.27. The van der Waals surface area contributed by atoms with E-state index in [4.69, 9.17) is 0 Å². The summed E-state index contributed by atoms with van der Waals surface area (Å²) in [6.45, 7) is 12.1. The lowest BCUT2D eigenvalue weighted by atomic mass is 9.92. The van der Waals surface area contributed by atoms with Gasteiger partial charge in [0.2, 0.25) is 0 Å². The standard InChI is InChI=1S/C14H20O/c1-9(2)12-6-7-13(11(5)15)14(8-12)10(3)4/h6-9,11,15H,3H2,1-2,4-5H3. The van der Waals surface area contributed by atoms with Crippen molar-refractivity contribution in [3.05, 3.63) is 41.5 Å². The lowest BCUT2D eigenvalue weighted by molar-refractivity contribution is 0.199. The zero-order valence-corrected chi connectivity index (χ0v) is 10.0. The van der Waals surface area contributed by atoms with E-state index in [1.165, 1.54) is 5.56 Å². The van der Waals surface area contributed by atoms with E-state index in [1.807, 2.05) is 13.0 Å². The molecule has 0 saturated carbocycles. The van der Waals surface area contributed by atoms with Crippen molar-refractivity contribution in [2.24, 2.45) is 0 Å². The molecule has 0 spiro atoms. The first kappa shape index (κ1) is 12.0.